The normalized spacial score (nSPS) is 10.8. The molecule has 6 nitrogen and oxygen atoms in total. The van der Waals surface area contributed by atoms with E-state index >= 15 is 0 Å². The van der Waals surface area contributed by atoms with Crippen molar-refractivity contribution in [1.29, 1.82) is 0 Å². The van der Waals surface area contributed by atoms with Gasteiger partial charge in [-0.1, -0.05) is 38.3 Å². The molecule has 1 aromatic carbocycles. The molecule has 0 aliphatic carbocycles. The predicted octanol–water partition coefficient (Wildman–Crippen LogP) is 6.13. The number of aromatic nitrogens is 1. The number of carbonyl (C=O) groups is 2. The van der Waals surface area contributed by atoms with Gasteiger partial charge in [0.05, 0.1) is 17.0 Å². The lowest BCUT2D eigenvalue weighted by Crippen LogP contribution is -2.10. The maximum atomic E-state index is 12.5. The van der Waals surface area contributed by atoms with Gasteiger partial charge in [-0.3, -0.25) is 14.9 Å². The third-order valence-electron chi connectivity index (χ3n) is 5.01. The van der Waals surface area contributed by atoms with Gasteiger partial charge in [-0.15, -0.1) is 22.7 Å². The summed E-state index contributed by atoms with van der Waals surface area (Å²) in [6.07, 6.45) is 5.87. The molecule has 1 amide bonds. The van der Waals surface area contributed by atoms with Gasteiger partial charge in [0.1, 0.15) is 0 Å². The van der Waals surface area contributed by atoms with E-state index in [0.29, 0.717) is 22.2 Å². The summed E-state index contributed by atoms with van der Waals surface area (Å²) in [6.45, 7) is 4.98. The first-order valence-electron chi connectivity index (χ1n) is 10.8. The van der Waals surface area contributed by atoms with Crippen molar-refractivity contribution in [3.63, 3.8) is 0 Å². The Bertz CT molecular complexity index is 1060. The van der Waals surface area contributed by atoms with Crippen LogP contribution >= 0.6 is 22.7 Å². The van der Waals surface area contributed by atoms with Crippen LogP contribution in [0.2, 0.25) is 0 Å². The van der Waals surface area contributed by atoms with E-state index in [9.17, 15) is 9.59 Å². The standard InChI is InChI=1S/C24H29N3O3S2/c1-3-4-5-6-7-17-9-8-16(2)12-20(17)25-14-19-10-11-21(32-19)23(30)27-24-26-18(15-31-24)13-22(28)29/h8-12,15,25H,3-7,13-14H2,1-2H3,(H,28,29)(H,26,27,30). The summed E-state index contributed by atoms with van der Waals surface area (Å²) in [5.41, 5.74) is 4.16. The molecule has 0 saturated heterocycles. The van der Waals surface area contributed by atoms with Crippen LogP contribution in [-0.4, -0.2) is 22.0 Å². The number of carboxylic acid groups (broad SMARTS) is 1. The number of nitrogens with zero attached hydrogens (tertiary/aromatic N) is 1. The number of anilines is 2. The molecule has 170 valence electrons. The molecule has 32 heavy (non-hydrogen) atoms. The lowest BCUT2D eigenvalue weighted by Gasteiger charge is -2.13. The van der Waals surface area contributed by atoms with Crippen LogP contribution in [0.25, 0.3) is 0 Å². The van der Waals surface area contributed by atoms with E-state index in [4.69, 9.17) is 5.11 Å². The molecule has 0 aliphatic rings. The van der Waals surface area contributed by atoms with Crippen LogP contribution in [0.5, 0.6) is 0 Å². The third-order valence-corrected chi connectivity index (χ3v) is 6.90. The zero-order valence-corrected chi connectivity index (χ0v) is 20.1. The van der Waals surface area contributed by atoms with Crippen LogP contribution < -0.4 is 10.6 Å². The predicted molar refractivity (Wildman–Crippen MR) is 132 cm³/mol. The number of carbonyl (C=O) groups excluding carboxylic acids is 1. The van der Waals surface area contributed by atoms with Gasteiger partial charge in [0.15, 0.2) is 5.13 Å². The molecule has 0 bridgehead atoms. The second-order valence-corrected chi connectivity index (χ2v) is 9.79. The second-order valence-electron chi connectivity index (χ2n) is 7.76. The zero-order chi connectivity index (χ0) is 22.9. The van der Waals surface area contributed by atoms with Crippen molar-refractivity contribution >= 4 is 45.4 Å². The second kappa shape index (κ2) is 11.8. The first-order valence-corrected chi connectivity index (χ1v) is 12.5. The average molecular weight is 472 g/mol. The number of hydrogen-bond donors (Lipinski definition) is 3. The lowest BCUT2D eigenvalue weighted by atomic mass is 10.0. The minimum absolute atomic E-state index is 0.152. The van der Waals surface area contributed by atoms with Crippen LogP contribution in [0, 0.1) is 6.92 Å². The number of aliphatic carboxylic acids is 1. The van der Waals surface area contributed by atoms with E-state index in [0.717, 1.165) is 17.0 Å². The number of benzene rings is 1. The maximum Gasteiger partial charge on any atom is 0.309 e. The number of thiophene rings is 1. The van der Waals surface area contributed by atoms with Gasteiger partial charge in [0, 0.05) is 22.5 Å². The quantitative estimate of drug-likeness (QED) is 0.277. The highest BCUT2D eigenvalue weighted by Gasteiger charge is 2.13. The Kier molecular flexibility index (Phi) is 8.81. The van der Waals surface area contributed by atoms with Gasteiger partial charge in [-0.05, 0) is 49.1 Å². The average Bonchev–Trinajstić information content (AvgIpc) is 3.40. The van der Waals surface area contributed by atoms with Crippen molar-refractivity contribution in [1.82, 2.24) is 4.98 Å². The molecule has 0 saturated carbocycles. The van der Waals surface area contributed by atoms with Crippen LogP contribution in [0.1, 0.15) is 64.0 Å². The van der Waals surface area contributed by atoms with Gasteiger partial charge in [0.25, 0.3) is 5.91 Å². The molecule has 2 heterocycles. The highest BCUT2D eigenvalue weighted by Crippen LogP contribution is 2.24. The molecule has 3 N–H and O–H groups in total. The number of amides is 1. The Balaban J connectivity index is 1.57. The van der Waals surface area contributed by atoms with Crippen molar-refractivity contribution in [3.8, 4) is 0 Å². The van der Waals surface area contributed by atoms with E-state index in [2.05, 4.69) is 47.7 Å². The Morgan fingerprint density at radius 1 is 1.12 bits per heavy atom. The summed E-state index contributed by atoms with van der Waals surface area (Å²) < 4.78 is 0. The Morgan fingerprint density at radius 3 is 2.75 bits per heavy atom. The summed E-state index contributed by atoms with van der Waals surface area (Å²) in [5.74, 6) is -1.18. The van der Waals surface area contributed by atoms with Crippen molar-refractivity contribution in [2.24, 2.45) is 0 Å². The molecule has 0 unspecified atom stereocenters. The van der Waals surface area contributed by atoms with Crippen molar-refractivity contribution in [2.75, 3.05) is 10.6 Å². The Labute approximate surface area is 196 Å². The Morgan fingerprint density at radius 2 is 1.97 bits per heavy atom. The topological polar surface area (TPSA) is 91.3 Å². The molecule has 0 spiro atoms. The zero-order valence-electron chi connectivity index (χ0n) is 18.4. The van der Waals surface area contributed by atoms with Crippen molar-refractivity contribution < 1.29 is 14.7 Å². The molecule has 0 aliphatic heterocycles. The van der Waals surface area contributed by atoms with Gasteiger partial charge < -0.3 is 10.4 Å². The molecule has 2 aromatic heterocycles. The SMILES string of the molecule is CCCCCCc1ccc(C)cc1NCc1ccc(C(=O)Nc2nc(CC(=O)O)cs2)s1. The van der Waals surface area contributed by atoms with Gasteiger partial charge >= 0.3 is 5.97 Å². The number of unbranched alkanes of at least 4 members (excludes halogenated alkanes) is 3. The third kappa shape index (κ3) is 7.17. The van der Waals surface area contributed by atoms with Crippen LogP contribution in [-0.2, 0) is 24.2 Å². The lowest BCUT2D eigenvalue weighted by molar-refractivity contribution is -0.136. The van der Waals surface area contributed by atoms with E-state index in [1.165, 1.54) is 59.5 Å². The van der Waals surface area contributed by atoms with Crippen LogP contribution in [0.3, 0.4) is 0 Å². The summed E-state index contributed by atoms with van der Waals surface area (Å²) in [5, 5.41) is 17.2. The minimum Gasteiger partial charge on any atom is -0.481 e. The largest absolute Gasteiger partial charge is 0.481 e. The molecule has 0 fully saturated rings. The number of thiazole rings is 1. The van der Waals surface area contributed by atoms with E-state index in [-0.39, 0.29) is 12.3 Å². The molecule has 3 aromatic rings. The van der Waals surface area contributed by atoms with Crippen LogP contribution in [0.15, 0.2) is 35.7 Å². The number of nitrogens with one attached hydrogen (secondary N) is 2. The van der Waals surface area contributed by atoms with E-state index < -0.39 is 5.97 Å². The van der Waals surface area contributed by atoms with Crippen molar-refractivity contribution in [2.45, 2.75) is 58.9 Å². The van der Waals surface area contributed by atoms with Gasteiger partial charge in [0.2, 0.25) is 0 Å². The van der Waals surface area contributed by atoms with Crippen LogP contribution in [0.4, 0.5) is 10.8 Å². The number of hydrogen-bond acceptors (Lipinski definition) is 6. The van der Waals surface area contributed by atoms with E-state index in [1.54, 1.807) is 5.38 Å². The fraction of sp³-hybridized carbons (Fsp3) is 0.375. The minimum atomic E-state index is -0.943. The summed E-state index contributed by atoms with van der Waals surface area (Å²) in [4.78, 5) is 29.1. The fourth-order valence-electron chi connectivity index (χ4n) is 3.35. The molecular weight excluding hydrogens is 442 g/mol. The molecular formula is C24H29N3O3S2. The van der Waals surface area contributed by atoms with Gasteiger partial charge in [-0.2, -0.15) is 0 Å². The summed E-state index contributed by atoms with van der Waals surface area (Å²) in [6, 6.07) is 10.3. The summed E-state index contributed by atoms with van der Waals surface area (Å²) in [7, 11) is 0. The number of rotatable bonds is 12. The van der Waals surface area contributed by atoms with Gasteiger partial charge in [-0.25, -0.2) is 4.98 Å². The number of carboxylic acids is 1. The maximum absolute atomic E-state index is 12.5. The highest BCUT2D eigenvalue weighted by atomic mass is 32.1. The Hall–Kier alpha value is -2.71. The fourth-order valence-corrected chi connectivity index (χ4v) is 4.90. The summed E-state index contributed by atoms with van der Waals surface area (Å²) >= 11 is 2.67. The molecule has 3 rings (SSSR count). The van der Waals surface area contributed by atoms with E-state index in [1.807, 2.05) is 12.1 Å². The molecule has 8 heteroatoms. The first-order chi connectivity index (χ1) is 15.4. The smallest absolute Gasteiger partial charge is 0.309 e. The monoisotopic (exact) mass is 471 g/mol. The highest BCUT2D eigenvalue weighted by molar-refractivity contribution is 7.15. The first kappa shape index (κ1) is 23.9. The molecule has 0 radical (unpaired) electrons. The molecule has 0 atom stereocenters. The number of aryl methyl sites for hydroxylation is 2. The van der Waals surface area contributed by atoms with Crippen molar-refractivity contribution in [3.05, 3.63) is 62.3 Å².